The third kappa shape index (κ3) is 2.55. The Morgan fingerprint density at radius 2 is 2.09 bits per heavy atom. The summed E-state index contributed by atoms with van der Waals surface area (Å²) in [7, 11) is 0. The molecule has 1 heterocycles. The summed E-state index contributed by atoms with van der Waals surface area (Å²) in [4.78, 5) is 10.6. The minimum absolute atomic E-state index is 0.311. The van der Waals surface area contributed by atoms with Crippen molar-refractivity contribution in [3.63, 3.8) is 0 Å². The number of carboxylic acids is 1. The van der Waals surface area contributed by atoms with Crippen molar-refractivity contribution in [3.05, 3.63) is 46.7 Å². The number of carboxylic acid groups (broad SMARTS) is 1. The molecule has 0 unspecified atom stereocenters. The van der Waals surface area contributed by atoms with Crippen molar-refractivity contribution in [1.29, 1.82) is 0 Å². The van der Waals surface area contributed by atoms with Crippen LogP contribution in [-0.2, 0) is 4.79 Å². The molecular weight excluding hydrogens is 357 g/mol. The fraction of sp³-hybridized carbons (Fsp3) is 0.0667. The number of hydrogen-bond acceptors (Lipinski definition) is 4. The van der Waals surface area contributed by atoms with Crippen molar-refractivity contribution in [2.75, 3.05) is 6.61 Å². The van der Waals surface area contributed by atoms with Gasteiger partial charge in [-0.25, -0.2) is 9.18 Å². The minimum Gasteiger partial charge on any atom is -0.481 e. The Balaban J connectivity index is 2.08. The van der Waals surface area contributed by atoms with Gasteiger partial charge in [0.05, 0.1) is 5.39 Å². The molecule has 3 aromatic rings. The van der Waals surface area contributed by atoms with E-state index in [9.17, 15) is 9.18 Å². The van der Waals surface area contributed by atoms with Gasteiger partial charge in [-0.1, -0.05) is 17.3 Å². The average Bonchev–Trinajstić information content (AvgIpc) is 2.91. The van der Waals surface area contributed by atoms with Gasteiger partial charge in [0.25, 0.3) is 0 Å². The fourth-order valence-electron chi connectivity index (χ4n) is 2.05. The van der Waals surface area contributed by atoms with Crippen LogP contribution in [0.5, 0.6) is 5.75 Å². The number of fused-ring (bicyclic) bond motifs is 1. The summed E-state index contributed by atoms with van der Waals surface area (Å²) in [6.45, 7) is -0.474. The maximum absolute atomic E-state index is 13.9. The first-order valence-electron chi connectivity index (χ1n) is 6.25. The van der Waals surface area contributed by atoms with Crippen LogP contribution in [0.2, 0.25) is 0 Å². The molecule has 0 atom stereocenters. The van der Waals surface area contributed by atoms with Crippen molar-refractivity contribution in [2.45, 2.75) is 0 Å². The number of halogens is 2. The van der Waals surface area contributed by atoms with E-state index < -0.39 is 18.4 Å². The molecule has 0 amide bonds. The Labute approximate surface area is 132 Å². The van der Waals surface area contributed by atoms with E-state index in [1.165, 1.54) is 6.07 Å². The van der Waals surface area contributed by atoms with Crippen LogP contribution in [0, 0.1) is 5.82 Å². The molecule has 22 heavy (non-hydrogen) atoms. The van der Waals surface area contributed by atoms with Gasteiger partial charge in [0.2, 0.25) is 0 Å². The second-order valence-corrected chi connectivity index (χ2v) is 5.24. The van der Waals surface area contributed by atoms with E-state index in [1.807, 2.05) is 0 Å². The maximum atomic E-state index is 13.9. The smallest absolute Gasteiger partial charge is 0.341 e. The molecule has 7 heteroatoms. The highest BCUT2D eigenvalue weighted by Gasteiger charge is 2.18. The van der Waals surface area contributed by atoms with Crippen LogP contribution in [0.1, 0.15) is 0 Å². The van der Waals surface area contributed by atoms with Crippen molar-refractivity contribution in [2.24, 2.45) is 0 Å². The standard InChI is InChI=1S/C15H9BrFNO4/c16-13-11(21-7-12(19)20)6-5-9-14(18-22-15(9)13)8-3-1-2-4-10(8)17/h1-6H,7H2,(H,19,20). The van der Waals surface area contributed by atoms with Crippen LogP contribution in [0.3, 0.4) is 0 Å². The van der Waals surface area contributed by atoms with Gasteiger partial charge in [0, 0.05) is 5.56 Å². The van der Waals surface area contributed by atoms with E-state index in [0.717, 1.165) is 0 Å². The van der Waals surface area contributed by atoms with Gasteiger partial charge in [-0.05, 0) is 40.2 Å². The molecule has 112 valence electrons. The van der Waals surface area contributed by atoms with Gasteiger partial charge in [0.15, 0.2) is 12.2 Å². The Bertz CT molecular complexity index is 862. The van der Waals surface area contributed by atoms with Gasteiger partial charge < -0.3 is 14.4 Å². The topological polar surface area (TPSA) is 72.6 Å². The van der Waals surface area contributed by atoms with Crippen LogP contribution < -0.4 is 4.74 Å². The van der Waals surface area contributed by atoms with E-state index in [0.29, 0.717) is 32.4 Å². The lowest BCUT2D eigenvalue weighted by atomic mass is 10.1. The number of aliphatic carboxylic acids is 1. The molecule has 1 aromatic heterocycles. The summed E-state index contributed by atoms with van der Waals surface area (Å²) in [6, 6.07) is 9.48. The van der Waals surface area contributed by atoms with Crippen LogP contribution in [0.15, 0.2) is 45.4 Å². The van der Waals surface area contributed by atoms with Gasteiger partial charge in [-0.3, -0.25) is 0 Å². The molecule has 2 aromatic carbocycles. The Morgan fingerprint density at radius 1 is 1.32 bits per heavy atom. The van der Waals surface area contributed by atoms with Crippen molar-refractivity contribution in [1.82, 2.24) is 5.16 Å². The number of rotatable bonds is 4. The van der Waals surface area contributed by atoms with E-state index in [2.05, 4.69) is 21.1 Å². The SMILES string of the molecule is O=C(O)COc1ccc2c(-c3ccccc3F)noc2c1Br. The minimum atomic E-state index is -1.09. The third-order valence-electron chi connectivity index (χ3n) is 3.03. The number of hydrogen-bond donors (Lipinski definition) is 1. The molecule has 0 aliphatic carbocycles. The largest absolute Gasteiger partial charge is 0.481 e. The molecule has 0 saturated heterocycles. The Morgan fingerprint density at radius 3 is 2.82 bits per heavy atom. The van der Waals surface area contributed by atoms with Crippen LogP contribution in [0.4, 0.5) is 4.39 Å². The summed E-state index contributed by atoms with van der Waals surface area (Å²) < 4.78 is 24.7. The Kier molecular flexibility index (Phi) is 3.81. The number of benzene rings is 2. The summed E-state index contributed by atoms with van der Waals surface area (Å²) in [5.41, 5.74) is 1.06. The van der Waals surface area contributed by atoms with Crippen molar-refractivity contribution < 1.29 is 23.6 Å². The van der Waals surface area contributed by atoms with E-state index in [1.54, 1.807) is 30.3 Å². The summed E-state index contributed by atoms with van der Waals surface area (Å²) in [6.07, 6.45) is 0. The zero-order valence-electron chi connectivity index (χ0n) is 11.0. The molecule has 1 N–H and O–H groups in total. The van der Waals surface area contributed by atoms with Crippen LogP contribution >= 0.6 is 15.9 Å². The maximum Gasteiger partial charge on any atom is 0.341 e. The molecule has 0 aliphatic rings. The van der Waals surface area contributed by atoms with E-state index >= 15 is 0 Å². The monoisotopic (exact) mass is 365 g/mol. The second-order valence-electron chi connectivity index (χ2n) is 4.45. The normalized spacial score (nSPS) is 10.8. The first-order chi connectivity index (χ1) is 10.6. The predicted molar refractivity (Wildman–Crippen MR) is 80.2 cm³/mol. The highest BCUT2D eigenvalue weighted by Crippen LogP contribution is 2.38. The lowest BCUT2D eigenvalue weighted by molar-refractivity contribution is -0.139. The summed E-state index contributed by atoms with van der Waals surface area (Å²) >= 11 is 3.29. The first-order valence-corrected chi connectivity index (χ1v) is 7.04. The number of nitrogens with zero attached hydrogens (tertiary/aromatic N) is 1. The van der Waals surface area contributed by atoms with Crippen LogP contribution in [0.25, 0.3) is 22.2 Å². The first kappa shape index (κ1) is 14.5. The quantitative estimate of drug-likeness (QED) is 0.759. The van der Waals surface area contributed by atoms with E-state index in [4.69, 9.17) is 14.4 Å². The highest BCUT2D eigenvalue weighted by molar-refractivity contribution is 9.10. The molecule has 0 spiro atoms. The lowest BCUT2D eigenvalue weighted by Crippen LogP contribution is -2.09. The summed E-state index contributed by atoms with van der Waals surface area (Å²) in [5.74, 6) is -1.18. The third-order valence-corrected chi connectivity index (χ3v) is 3.78. The molecule has 0 bridgehead atoms. The molecule has 0 saturated carbocycles. The fourth-order valence-corrected chi connectivity index (χ4v) is 2.59. The molecule has 0 radical (unpaired) electrons. The molecule has 0 aliphatic heterocycles. The lowest BCUT2D eigenvalue weighted by Gasteiger charge is -2.05. The molecular formula is C15H9BrFNO4. The zero-order chi connectivity index (χ0) is 15.7. The molecule has 0 fully saturated rings. The highest BCUT2D eigenvalue weighted by atomic mass is 79.9. The van der Waals surface area contributed by atoms with E-state index in [-0.39, 0.29) is 0 Å². The van der Waals surface area contributed by atoms with Crippen molar-refractivity contribution >= 4 is 32.9 Å². The van der Waals surface area contributed by atoms with Gasteiger partial charge in [-0.2, -0.15) is 0 Å². The predicted octanol–water partition coefficient (Wildman–Crippen LogP) is 3.86. The number of carbonyl (C=O) groups is 1. The number of aromatic nitrogens is 1. The summed E-state index contributed by atoms with van der Waals surface area (Å²) in [5, 5.41) is 13.1. The molecule has 5 nitrogen and oxygen atoms in total. The van der Waals surface area contributed by atoms with Gasteiger partial charge in [0.1, 0.15) is 21.7 Å². The van der Waals surface area contributed by atoms with Gasteiger partial charge >= 0.3 is 5.97 Å². The van der Waals surface area contributed by atoms with Gasteiger partial charge in [-0.15, -0.1) is 0 Å². The van der Waals surface area contributed by atoms with Crippen LogP contribution in [-0.4, -0.2) is 22.8 Å². The average molecular weight is 366 g/mol. The second kappa shape index (κ2) is 5.76. The zero-order valence-corrected chi connectivity index (χ0v) is 12.6. The number of ether oxygens (including phenoxy) is 1. The molecule has 3 rings (SSSR count). The Hall–Kier alpha value is -2.41. The van der Waals surface area contributed by atoms with Crippen molar-refractivity contribution in [3.8, 4) is 17.0 Å².